The van der Waals surface area contributed by atoms with E-state index < -0.39 is 40.8 Å². The standard InChI is InChI=1S/C26H47F4NO3/c1-4-5-6-7-8-9-10-11-12-13-14-15-16-17-20-34-21-18-19-24(23(32)33)26(29,30)25(27,28)22-31(24,2)3/h4-22H2,1-3H3/p+1. The molecule has 0 spiro atoms. The molecular weight excluding hydrogens is 450 g/mol. The van der Waals surface area contributed by atoms with E-state index >= 15 is 0 Å². The van der Waals surface area contributed by atoms with Gasteiger partial charge >= 0.3 is 17.8 Å². The third kappa shape index (κ3) is 8.07. The van der Waals surface area contributed by atoms with Gasteiger partial charge in [-0.3, -0.25) is 0 Å². The number of alkyl halides is 4. The van der Waals surface area contributed by atoms with E-state index in [-0.39, 0.29) is 13.0 Å². The van der Waals surface area contributed by atoms with Gasteiger partial charge in [-0.2, -0.15) is 17.6 Å². The van der Waals surface area contributed by atoms with Crippen LogP contribution in [0.4, 0.5) is 17.6 Å². The highest BCUT2D eigenvalue weighted by Gasteiger charge is 2.86. The SMILES string of the molecule is CCCCCCCCCCCCCCCCOCCCC1(C(=O)O)C(F)(F)C(F)(F)C[N+]1(C)C. The molecule has 202 valence electrons. The highest BCUT2D eigenvalue weighted by Crippen LogP contribution is 2.56. The molecule has 1 aliphatic heterocycles. The molecule has 1 rings (SSSR count). The molecule has 1 fully saturated rings. The maximum absolute atomic E-state index is 14.5. The van der Waals surface area contributed by atoms with Gasteiger partial charge in [0.1, 0.15) is 0 Å². The third-order valence-electron chi connectivity index (χ3n) is 7.43. The Balaban J connectivity index is 2.10. The molecule has 0 aromatic carbocycles. The van der Waals surface area contributed by atoms with Crippen LogP contribution in [0.2, 0.25) is 0 Å². The van der Waals surface area contributed by atoms with Crippen LogP contribution in [0.25, 0.3) is 0 Å². The molecule has 0 aliphatic carbocycles. The predicted molar refractivity (Wildman–Crippen MR) is 128 cm³/mol. The molecule has 8 heteroatoms. The minimum atomic E-state index is -4.62. The first-order chi connectivity index (χ1) is 16.0. The molecule has 1 N–H and O–H groups in total. The van der Waals surface area contributed by atoms with Gasteiger partial charge in [-0.25, -0.2) is 4.79 Å². The number of ether oxygens (including phenoxy) is 1. The van der Waals surface area contributed by atoms with Gasteiger partial charge in [0.25, 0.3) is 5.54 Å². The first kappa shape index (κ1) is 31.1. The van der Waals surface area contributed by atoms with Gasteiger partial charge in [-0.15, -0.1) is 0 Å². The molecule has 1 unspecified atom stereocenters. The average molecular weight is 499 g/mol. The number of likely N-dealkylation sites (tertiary alicyclic amines) is 1. The van der Waals surface area contributed by atoms with Crippen molar-refractivity contribution in [1.82, 2.24) is 0 Å². The number of nitrogens with zero attached hydrogens (tertiary/aromatic N) is 1. The van der Waals surface area contributed by atoms with Crippen molar-refractivity contribution in [3.63, 3.8) is 0 Å². The Bertz CT molecular complexity index is 586. The molecule has 0 amide bonds. The Morgan fingerprint density at radius 1 is 0.765 bits per heavy atom. The number of rotatable bonds is 20. The number of carbonyl (C=O) groups is 1. The molecule has 0 saturated carbocycles. The normalized spacial score (nSPS) is 22.8. The average Bonchev–Trinajstić information content (AvgIpc) is 2.84. The summed E-state index contributed by atoms with van der Waals surface area (Å²) in [6.07, 6.45) is 17.0. The van der Waals surface area contributed by atoms with Gasteiger partial charge in [0.2, 0.25) is 0 Å². The lowest BCUT2D eigenvalue weighted by atomic mass is 9.85. The molecule has 0 radical (unpaired) electrons. The largest absolute Gasteiger partial charge is 0.476 e. The van der Waals surface area contributed by atoms with Gasteiger partial charge in [0.15, 0.2) is 6.54 Å². The Kier molecular flexibility index (Phi) is 13.4. The number of aliphatic carboxylic acids is 1. The van der Waals surface area contributed by atoms with Gasteiger partial charge in [-0.1, -0.05) is 90.4 Å². The van der Waals surface area contributed by atoms with Gasteiger partial charge in [-0.05, 0) is 12.8 Å². The van der Waals surface area contributed by atoms with E-state index in [1.807, 2.05) is 0 Å². The number of carboxylic acid groups (broad SMARTS) is 1. The van der Waals surface area contributed by atoms with E-state index in [9.17, 15) is 27.5 Å². The van der Waals surface area contributed by atoms with E-state index in [2.05, 4.69) is 6.92 Å². The molecule has 1 aliphatic rings. The quantitative estimate of drug-likeness (QED) is 0.108. The molecule has 34 heavy (non-hydrogen) atoms. The van der Waals surface area contributed by atoms with Crippen LogP contribution in [0.1, 0.15) is 110 Å². The zero-order chi connectivity index (χ0) is 25.7. The maximum Gasteiger partial charge on any atom is 0.379 e. The second kappa shape index (κ2) is 14.6. The lowest BCUT2D eigenvalue weighted by Crippen LogP contribution is -2.67. The van der Waals surface area contributed by atoms with E-state index in [0.717, 1.165) is 33.4 Å². The van der Waals surface area contributed by atoms with Crippen molar-refractivity contribution in [3.05, 3.63) is 0 Å². The third-order valence-corrected chi connectivity index (χ3v) is 7.43. The second-order valence-electron chi connectivity index (χ2n) is 10.6. The number of carboxylic acids is 1. The van der Waals surface area contributed by atoms with Crippen LogP contribution in [0.5, 0.6) is 0 Å². The number of hydrogen-bond donors (Lipinski definition) is 1. The van der Waals surface area contributed by atoms with Crippen molar-refractivity contribution in [2.24, 2.45) is 0 Å². The second-order valence-corrected chi connectivity index (χ2v) is 10.6. The van der Waals surface area contributed by atoms with Crippen molar-refractivity contribution in [2.75, 3.05) is 33.9 Å². The number of likely N-dealkylation sites (N-methyl/N-ethyl adjacent to an activating group) is 1. The maximum atomic E-state index is 14.5. The molecule has 1 saturated heterocycles. The van der Waals surface area contributed by atoms with Crippen molar-refractivity contribution in [1.29, 1.82) is 0 Å². The fourth-order valence-electron chi connectivity index (χ4n) is 5.30. The van der Waals surface area contributed by atoms with Crippen LogP contribution in [0.15, 0.2) is 0 Å². The summed E-state index contributed by atoms with van der Waals surface area (Å²) in [4.78, 5) is 11.8. The molecule has 1 atom stereocenters. The van der Waals surface area contributed by atoms with Crippen LogP contribution >= 0.6 is 0 Å². The Hall–Kier alpha value is -0.890. The zero-order valence-corrected chi connectivity index (χ0v) is 21.7. The lowest BCUT2D eigenvalue weighted by Gasteiger charge is -2.41. The summed E-state index contributed by atoms with van der Waals surface area (Å²) in [6.45, 7) is 1.60. The number of hydrogen-bond acceptors (Lipinski definition) is 2. The minimum absolute atomic E-state index is 0.00173. The van der Waals surface area contributed by atoms with Crippen molar-refractivity contribution in [3.8, 4) is 0 Å². The van der Waals surface area contributed by atoms with Crippen molar-refractivity contribution in [2.45, 2.75) is 127 Å². The van der Waals surface area contributed by atoms with Crippen molar-refractivity contribution < 1.29 is 36.7 Å². The Morgan fingerprint density at radius 2 is 1.18 bits per heavy atom. The summed E-state index contributed by atoms with van der Waals surface area (Å²) in [5.41, 5.74) is -2.85. The van der Waals surface area contributed by atoms with E-state index in [0.29, 0.717) is 6.61 Å². The van der Waals surface area contributed by atoms with Crippen LogP contribution in [0.3, 0.4) is 0 Å². The van der Waals surface area contributed by atoms with Crippen LogP contribution in [-0.4, -0.2) is 66.8 Å². The fourth-order valence-corrected chi connectivity index (χ4v) is 5.30. The van der Waals surface area contributed by atoms with Crippen LogP contribution in [0, 0.1) is 0 Å². The van der Waals surface area contributed by atoms with E-state index in [1.54, 1.807) is 0 Å². The Morgan fingerprint density at radius 3 is 1.56 bits per heavy atom. The molecular formula is C26H48F4NO3+. The van der Waals surface area contributed by atoms with Gasteiger partial charge < -0.3 is 14.3 Å². The summed E-state index contributed by atoms with van der Waals surface area (Å²) in [5.74, 6) is -10.9. The smallest absolute Gasteiger partial charge is 0.379 e. The first-order valence-corrected chi connectivity index (χ1v) is 13.4. The summed E-state index contributed by atoms with van der Waals surface area (Å²) < 4.78 is 61.5. The number of halogens is 4. The van der Waals surface area contributed by atoms with Crippen LogP contribution < -0.4 is 0 Å². The molecule has 4 nitrogen and oxygen atoms in total. The topological polar surface area (TPSA) is 46.5 Å². The molecule has 0 aromatic heterocycles. The summed E-state index contributed by atoms with van der Waals surface area (Å²) in [5, 5.41) is 9.54. The number of quaternary nitrogens is 1. The predicted octanol–water partition coefficient (Wildman–Crippen LogP) is 7.45. The summed E-state index contributed by atoms with van der Waals surface area (Å²) >= 11 is 0. The zero-order valence-electron chi connectivity index (χ0n) is 21.7. The summed E-state index contributed by atoms with van der Waals surface area (Å²) in [6, 6.07) is 0. The summed E-state index contributed by atoms with van der Waals surface area (Å²) in [7, 11) is 2.27. The fraction of sp³-hybridized carbons (Fsp3) is 0.962. The highest BCUT2D eigenvalue weighted by atomic mass is 19.3. The lowest BCUT2D eigenvalue weighted by molar-refractivity contribution is -0.926. The van der Waals surface area contributed by atoms with E-state index in [4.69, 9.17) is 4.74 Å². The van der Waals surface area contributed by atoms with Gasteiger partial charge in [0, 0.05) is 19.6 Å². The monoisotopic (exact) mass is 498 g/mol. The van der Waals surface area contributed by atoms with Crippen LogP contribution in [-0.2, 0) is 9.53 Å². The van der Waals surface area contributed by atoms with Gasteiger partial charge in [0.05, 0.1) is 14.1 Å². The number of unbranched alkanes of at least 4 members (excludes halogenated alkanes) is 13. The Labute approximate surface area is 204 Å². The van der Waals surface area contributed by atoms with E-state index in [1.165, 1.54) is 70.6 Å². The first-order valence-electron chi connectivity index (χ1n) is 13.4. The molecule has 0 bridgehead atoms. The minimum Gasteiger partial charge on any atom is -0.476 e. The highest BCUT2D eigenvalue weighted by molar-refractivity contribution is 5.79. The molecule has 0 aromatic rings. The molecule has 1 heterocycles. The van der Waals surface area contributed by atoms with Crippen molar-refractivity contribution >= 4 is 5.97 Å².